The monoisotopic (exact) mass is 388 g/mol. The first-order valence-corrected chi connectivity index (χ1v) is 9.96. The fourth-order valence-electron chi connectivity index (χ4n) is 4.37. The second-order valence-corrected chi connectivity index (χ2v) is 7.97. The molecule has 0 unspecified atom stereocenters. The van der Waals surface area contributed by atoms with Crippen molar-refractivity contribution in [2.24, 2.45) is 0 Å². The van der Waals surface area contributed by atoms with Crippen molar-refractivity contribution in [3.05, 3.63) is 29.8 Å². The van der Waals surface area contributed by atoms with Gasteiger partial charge in [0.1, 0.15) is 5.75 Å². The lowest BCUT2D eigenvalue weighted by Crippen LogP contribution is -2.44. The van der Waals surface area contributed by atoms with Crippen molar-refractivity contribution in [1.82, 2.24) is 10.2 Å². The number of aromatic hydroxyl groups is 1. The molecular formula is C21H28N2O5. The van der Waals surface area contributed by atoms with E-state index in [1.165, 1.54) is 0 Å². The molecule has 152 valence electrons. The molecule has 3 rings (SSSR count). The lowest BCUT2D eigenvalue weighted by molar-refractivity contribution is -0.137. The minimum atomic E-state index is -0.888. The minimum absolute atomic E-state index is 0.0101. The standard InChI is InChI=1S/C21H28N2O5/c24-17-3-1-2-16(14-17)15-7-12-23(13-8-15)19(26)5-10-21(11-6-20(27)28)9-4-18(25)22-21/h1-3,14-15,24H,4-13H2,(H,22,25)(H,27,28)/t21-/m1/s1. The zero-order chi connectivity index (χ0) is 20.1. The molecule has 2 aliphatic heterocycles. The Hall–Kier alpha value is -2.57. The molecule has 2 fully saturated rings. The van der Waals surface area contributed by atoms with Gasteiger partial charge in [-0.25, -0.2) is 0 Å². The van der Waals surface area contributed by atoms with Gasteiger partial charge in [0, 0.05) is 37.9 Å². The van der Waals surface area contributed by atoms with Gasteiger partial charge in [-0.2, -0.15) is 0 Å². The smallest absolute Gasteiger partial charge is 0.303 e. The Morgan fingerprint density at radius 2 is 1.89 bits per heavy atom. The predicted octanol–water partition coefficient (Wildman–Crippen LogP) is 2.39. The van der Waals surface area contributed by atoms with Crippen molar-refractivity contribution in [2.45, 2.75) is 62.8 Å². The summed E-state index contributed by atoms with van der Waals surface area (Å²) < 4.78 is 0. The lowest BCUT2D eigenvalue weighted by atomic mass is 9.86. The molecule has 2 heterocycles. The van der Waals surface area contributed by atoms with Gasteiger partial charge < -0.3 is 20.4 Å². The molecule has 1 atom stereocenters. The SMILES string of the molecule is O=C(O)CC[C@]1(CCC(=O)N2CCC(c3cccc(O)c3)CC2)CCC(=O)N1. The summed E-state index contributed by atoms with van der Waals surface area (Å²) in [6, 6.07) is 7.30. The molecule has 28 heavy (non-hydrogen) atoms. The van der Waals surface area contributed by atoms with E-state index in [0.717, 1.165) is 18.4 Å². The van der Waals surface area contributed by atoms with E-state index in [1.54, 1.807) is 12.1 Å². The van der Waals surface area contributed by atoms with Crippen molar-refractivity contribution in [2.75, 3.05) is 13.1 Å². The maximum Gasteiger partial charge on any atom is 0.303 e. The highest BCUT2D eigenvalue weighted by atomic mass is 16.4. The van der Waals surface area contributed by atoms with E-state index in [4.69, 9.17) is 5.11 Å². The third kappa shape index (κ3) is 5.03. The van der Waals surface area contributed by atoms with Crippen LogP contribution in [0.4, 0.5) is 0 Å². The third-order valence-electron chi connectivity index (χ3n) is 6.06. The van der Waals surface area contributed by atoms with Crippen molar-refractivity contribution >= 4 is 17.8 Å². The van der Waals surface area contributed by atoms with Crippen molar-refractivity contribution in [3.63, 3.8) is 0 Å². The minimum Gasteiger partial charge on any atom is -0.508 e. The molecule has 3 N–H and O–H groups in total. The number of amides is 2. The molecule has 0 radical (unpaired) electrons. The molecule has 0 aliphatic carbocycles. The summed E-state index contributed by atoms with van der Waals surface area (Å²) in [5.74, 6) is -0.288. The summed E-state index contributed by atoms with van der Waals surface area (Å²) in [7, 11) is 0. The van der Waals surface area contributed by atoms with Gasteiger partial charge in [-0.05, 0) is 55.7 Å². The Morgan fingerprint density at radius 3 is 2.50 bits per heavy atom. The van der Waals surface area contributed by atoms with E-state index >= 15 is 0 Å². The summed E-state index contributed by atoms with van der Waals surface area (Å²) in [5, 5.41) is 21.5. The number of benzene rings is 1. The molecule has 7 heteroatoms. The van der Waals surface area contributed by atoms with E-state index in [2.05, 4.69) is 5.32 Å². The topological polar surface area (TPSA) is 107 Å². The van der Waals surface area contributed by atoms with Crippen LogP contribution in [0.15, 0.2) is 24.3 Å². The molecular weight excluding hydrogens is 360 g/mol. The van der Waals surface area contributed by atoms with Gasteiger partial charge in [-0.3, -0.25) is 14.4 Å². The number of nitrogens with zero attached hydrogens (tertiary/aromatic N) is 1. The highest BCUT2D eigenvalue weighted by molar-refractivity contribution is 5.80. The van der Waals surface area contributed by atoms with Crippen LogP contribution in [0.5, 0.6) is 5.75 Å². The first-order valence-electron chi connectivity index (χ1n) is 9.96. The zero-order valence-electron chi connectivity index (χ0n) is 16.0. The van der Waals surface area contributed by atoms with Gasteiger partial charge in [0.05, 0.1) is 0 Å². The number of hydrogen-bond acceptors (Lipinski definition) is 4. The summed E-state index contributed by atoms with van der Waals surface area (Å²) >= 11 is 0. The molecule has 0 spiro atoms. The summed E-state index contributed by atoms with van der Waals surface area (Å²) in [5.41, 5.74) is 0.541. The summed E-state index contributed by atoms with van der Waals surface area (Å²) in [6.45, 7) is 1.35. The number of piperidine rings is 1. The van der Waals surface area contributed by atoms with Gasteiger partial charge in [0.25, 0.3) is 0 Å². The van der Waals surface area contributed by atoms with E-state index < -0.39 is 11.5 Å². The fourth-order valence-corrected chi connectivity index (χ4v) is 4.37. The average molecular weight is 388 g/mol. The highest BCUT2D eigenvalue weighted by Gasteiger charge is 2.38. The van der Waals surface area contributed by atoms with Crippen LogP contribution in [0, 0.1) is 0 Å². The quantitative estimate of drug-likeness (QED) is 0.665. The van der Waals surface area contributed by atoms with Gasteiger partial charge in [0.2, 0.25) is 11.8 Å². The van der Waals surface area contributed by atoms with Crippen molar-refractivity contribution < 1.29 is 24.6 Å². The number of carboxylic acid groups (broad SMARTS) is 1. The number of carboxylic acids is 1. The Labute approximate surface area is 164 Å². The van der Waals surface area contributed by atoms with Crippen LogP contribution in [0.2, 0.25) is 0 Å². The molecule has 2 saturated heterocycles. The largest absolute Gasteiger partial charge is 0.508 e. The predicted molar refractivity (Wildman–Crippen MR) is 103 cm³/mol. The number of aliphatic carboxylic acids is 1. The number of likely N-dealkylation sites (tertiary alicyclic amines) is 1. The van der Waals surface area contributed by atoms with Crippen LogP contribution in [-0.2, 0) is 14.4 Å². The molecule has 0 bridgehead atoms. The molecule has 1 aromatic carbocycles. The number of carbonyl (C=O) groups is 3. The normalized spacial score (nSPS) is 22.9. The number of carbonyl (C=O) groups excluding carboxylic acids is 2. The Kier molecular flexibility index (Phi) is 6.21. The third-order valence-corrected chi connectivity index (χ3v) is 6.06. The Balaban J connectivity index is 1.51. The van der Waals surface area contributed by atoms with Crippen LogP contribution in [0.25, 0.3) is 0 Å². The number of rotatable bonds is 7. The maximum atomic E-state index is 12.7. The van der Waals surface area contributed by atoms with E-state index in [9.17, 15) is 19.5 Å². The number of hydrogen-bond donors (Lipinski definition) is 3. The summed E-state index contributed by atoms with van der Waals surface area (Å²) in [6.07, 6.45) is 3.85. The highest BCUT2D eigenvalue weighted by Crippen LogP contribution is 2.32. The van der Waals surface area contributed by atoms with Gasteiger partial charge >= 0.3 is 5.97 Å². The summed E-state index contributed by atoms with van der Waals surface area (Å²) in [4.78, 5) is 37.1. The number of phenols is 1. The van der Waals surface area contributed by atoms with E-state index in [1.807, 2.05) is 17.0 Å². The molecule has 2 aliphatic rings. The van der Waals surface area contributed by atoms with Crippen molar-refractivity contribution in [3.8, 4) is 5.75 Å². The van der Waals surface area contributed by atoms with Gasteiger partial charge in [0.15, 0.2) is 0 Å². The fraction of sp³-hybridized carbons (Fsp3) is 0.571. The Bertz CT molecular complexity index is 742. The second-order valence-electron chi connectivity index (χ2n) is 7.97. The van der Waals surface area contributed by atoms with Crippen LogP contribution < -0.4 is 5.32 Å². The van der Waals surface area contributed by atoms with Crippen LogP contribution >= 0.6 is 0 Å². The van der Waals surface area contributed by atoms with Crippen LogP contribution in [0.1, 0.15) is 62.8 Å². The zero-order valence-corrected chi connectivity index (χ0v) is 16.0. The first-order chi connectivity index (χ1) is 13.4. The maximum absolute atomic E-state index is 12.7. The number of phenolic OH excluding ortho intramolecular Hbond substituents is 1. The molecule has 1 aromatic rings. The van der Waals surface area contributed by atoms with Crippen molar-refractivity contribution in [1.29, 1.82) is 0 Å². The van der Waals surface area contributed by atoms with Crippen LogP contribution in [0.3, 0.4) is 0 Å². The lowest BCUT2D eigenvalue weighted by Gasteiger charge is -2.34. The average Bonchev–Trinajstić information content (AvgIpc) is 3.06. The molecule has 2 amide bonds. The van der Waals surface area contributed by atoms with Gasteiger partial charge in [-0.1, -0.05) is 12.1 Å². The number of nitrogens with one attached hydrogen (secondary N) is 1. The van der Waals surface area contributed by atoms with E-state index in [0.29, 0.717) is 51.1 Å². The van der Waals surface area contributed by atoms with Gasteiger partial charge in [-0.15, -0.1) is 0 Å². The molecule has 0 saturated carbocycles. The Morgan fingerprint density at radius 1 is 1.18 bits per heavy atom. The molecule has 7 nitrogen and oxygen atoms in total. The first kappa shape index (κ1) is 20.2. The van der Waals surface area contributed by atoms with Crippen LogP contribution in [-0.4, -0.2) is 51.5 Å². The second kappa shape index (κ2) is 8.63. The van der Waals surface area contributed by atoms with E-state index in [-0.39, 0.29) is 24.0 Å². The molecule has 0 aromatic heterocycles.